The van der Waals surface area contributed by atoms with Crippen molar-refractivity contribution in [2.75, 3.05) is 0 Å². The summed E-state index contributed by atoms with van der Waals surface area (Å²) in [6.07, 6.45) is 11.0. The van der Waals surface area contributed by atoms with E-state index < -0.39 is 0 Å². The minimum Gasteiger partial charge on any atom is -0.303 e. The zero-order chi connectivity index (χ0) is 14.0. The van der Waals surface area contributed by atoms with Gasteiger partial charge in [-0.05, 0) is 51.4 Å². The molecular weight excluding hydrogens is 220 g/mol. The number of aldehydes is 1. The molecule has 0 aliphatic heterocycles. The first-order chi connectivity index (χ1) is 8.51. The van der Waals surface area contributed by atoms with Gasteiger partial charge in [0.25, 0.3) is 0 Å². The van der Waals surface area contributed by atoms with Crippen molar-refractivity contribution in [1.29, 1.82) is 0 Å². The molecule has 0 aromatic heterocycles. The molecular formula is C17H30O. The predicted octanol–water partition coefficient (Wildman–Crippen LogP) is 5.32. The van der Waals surface area contributed by atoms with Gasteiger partial charge in [-0.25, -0.2) is 0 Å². The number of hydrogen-bond donors (Lipinski definition) is 0. The van der Waals surface area contributed by atoms with Crippen LogP contribution in [0.2, 0.25) is 0 Å². The second-order valence-electron chi connectivity index (χ2n) is 5.59. The van der Waals surface area contributed by atoms with E-state index in [0.717, 1.165) is 32.0 Å². The van der Waals surface area contributed by atoms with E-state index in [4.69, 9.17) is 0 Å². The number of allylic oxidation sites excluding steroid dienone is 4. The first-order valence-electron chi connectivity index (χ1n) is 7.26. The van der Waals surface area contributed by atoms with E-state index in [1.54, 1.807) is 0 Å². The number of rotatable bonds is 9. The van der Waals surface area contributed by atoms with Gasteiger partial charge in [0.1, 0.15) is 6.29 Å². The molecule has 0 saturated heterocycles. The molecule has 18 heavy (non-hydrogen) atoms. The van der Waals surface area contributed by atoms with Gasteiger partial charge in [0.2, 0.25) is 0 Å². The van der Waals surface area contributed by atoms with E-state index >= 15 is 0 Å². The van der Waals surface area contributed by atoms with E-state index in [0.29, 0.717) is 18.3 Å². The lowest BCUT2D eigenvalue weighted by Gasteiger charge is -2.15. The van der Waals surface area contributed by atoms with E-state index in [9.17, 15) is 4.79 Å². The van der Waals surface area contributed by atoms with Crippen molar-refractivity contribution in [3.05, 3.63) is 23.3 Å². The van der Waals surface area contributed by atoms with Crippen LogP contribution in [0.15, 0.2) is 23.3 Å². The van der Waals surface area contributed by atoms with Gasteiger partial charge in [0.05, 0.1) is 0 Å². The number of carbonyl (C=O) groups excluding carboxylic acids is 1. The topological polar surface area (TPSA) is 17.1 Å². The molecule has 0 unspecified atom stereocenters. The van der Waals surface area contributed by atoms with Crippen LogP contribution >= 0.6 is 0 Å². The van der Waals surface area contributed by atoms with Crippen LogP contribution in [0.3, 0.4) is 0 Å². The number of hydrogen-bond acceptors (Lipinski definition) is 1. The van der Waals surface area contributed by atoms with Crippen molar-refractivity contribution in [3.63, 3.8) is 0 Å². The minimum absolute atomic E-state index is 0.494. The summed E-state index contributed by atoms with van der Waals surface area (Å²) in [5.74, 6) is 1.09. The summed E-state index contributed by atoms with van der Waals surface area (Å²) < 4.78 is 0. The quantitative estimate of drug-likeness (QED) is 0.400. The average Bonchev–Trinajstić information content (AvgIpc) is 2.35. The second-order valence-corrected chi connectivity index (χ2v) is 5.59. The highest BCUT2D eigenvalue weighted by Gasteiger charge is 2.09. The zero-order valence-corrected chi connectivity index (χ0v) is 12.8. The Bertz CT molecular complexity index is 286. The Kier molecular flexibility index (Phi) is 9.63. The Morgan fingerprint density at radius 2 is 1.61 bits per heavy atom. The van der Waals surface area contributed by atoms with E-state index in [-0.39, 0.29) is 0 Å². The summed E-state index contributed by atoms with van der Waals surface area (Å²) in [5, 5.41) is 0. The fourth-order valence-corrected chi connectivity index (χ4v) is 1.80. The molecule has 0 saturated carbocycles. The Labute approximate surface area is 113 Å². The van der Waals surface area contributed by atoms with E-state index in [1.807, 2.05) is 0 Å². The molecule has 0 fully saturated rings. The summed E-state index contributed by atoms with van der Waals surface area (Å²) in [7, 11) is 0. The molecule has 1 heteroatoms. The largest absolute Gasteiger partial charge is 0.303 e. The van der Waals surface area contributed by atoms with Gasteiger partial charge >= 0.3 is 0 Å². The fraction of sp³-hybridized carbons (Fsp3) is 0.706. The average molecular weight is 250 g/mol. The summed E-state index contributed by atoms with van der Waals surface area (Å²) in [4.78, 5) is 10.5. The molecule has 1 nitrogen and oxygen atoms in total. The molecule has 0 bridgehead atoms. The fourth-order valence-electron chi connectivity index (χ4n) is 1.80. The van der Waals surface area contributed by atoms with Crippen molar-refractivity contribution in [1.82, 2.24) is 0 Å². The molecule has 0 radical (unpaired) electrons. The normalized spacial score (nSPS) is 16.5. The van der Waals surface area contributed by atoms with Crippen molar-refractivity contribution in [2.45, 2.75) is 66.7 Å². The van der Waals surface area contributed by atoms with E-state index in [2.05, 4.69) is 46.8 Å². The Balaban J connectivity index is 4.00. The molecule has 0 rings (SSSR count). The summed E-state index contributed by atoms with van der Waals surface area (Å²) in [5.41, 5.74) is 2.95. The molecule has 0 aliphatic rings. The molecule has 2 atom stereocenters. The molecule has 0 heterocycles. The van der Waals surface area contributed by atoms with Gasteiger partial charge in [-0.15, -0.1) is 0 Å². The van der Waals surface area contributed by atoms with Crippen molar-refractivity contribution in [3.8, 4) is 0 Å². The van der Waals surface area contributed by atoms with Gasteiger partial charge < -0.3 is 4.79 Å². The number of carbonyl (C=O) groups is 1. The third-order valence-electron chi connectivity index (χ3n) is 3.87. The molecule has 104 valence electrons. The lowest BCUT2D eigenvalue weighted by Crippen LogP contribution is -2.07. The van der Waals surface area contributed by atoms with Gasteiger partial charge in [-0.3, -0.25) is 0 Å². The van der Waals surface area contributed by atoms with Crippen molar-refractivity contribution < 1.29 is 4.79 Å². The first kappa shape index (κ1) is 17.2. The Morgan fingerprint density at radius 3 is 2.17 bits per heavy atom. The maximum absolute atomic E-state index is 10.5. The molecule has 0 aliphatic carbocycles. The van der Waals surface area contributed by atoms with Crippen molar-refractivity contribution >= 4 is 6.29 Å². The third-order valence-corrected chi connectivity index (χ3v) is 3.87. The first-order valence-corrected chi connectivity index (χ1v) is 7.26. The molecule has 0 spiro atoms. The highest BCUT2D eigenvalue weighted by atomic mass is 16.1. The van der Waals surface area contributed by atoms with Crippen LogP contribution in [0.25, 0.3) is 0 Å². The zero-order valence-electron chi connectivity index (χ0n) is 12.8. The van der Waals surface area contributed by atoms with Crippen LogP contribution in [0, 0.1) is 11.8 Å². The van der Waals surface area contributed by atoms with Gasteiger partial charge in [-0.2, -0.15) is 0 Å². The lowest BCUT2D eigenvalue weighted by molar-refractivity contribution is -0.108. The van der Waals surface area contributed by atoms with E-state index in [1.165, 1.54) is 11.1 Å². The van der Waals surface area contributed by atoms with Crippen LogP contribution in [-0.4, -0.2) is 6.29 Å². The molecule has 0 N–H and O–H groups in total. The smallest absolute Gasteiger partial charge is 0.120 e. The highest BCUT2D eigenvalue weighted by molar-refractivity contribution is 5.49. The monoisotopic (exact) mass is 250 g/mol. The van der Waals surface area contributed by atoms with Gasteiger partial charge in [0.15, 0.2) is 0 Å². The Morgan fingerprint density at radius 1 is 1.00 bits per heavy atom. The predicted molar refractivity (Wildman–Crippen MR) is 80.7 cm³/mol. The highest BCUT2D eigenvalue weighted by Crippen LogP contribution is 2.19. The molecule has 0 aromatic carbocycles. The van der Waals surface area contributed by atoms with Gasteiger partial charge in [0, 0.05) is 6.42 Å². The standard InChI is InChI=1S/C17H30O/c1-6-14(2)8-7-9-15(3)10-11-16(4)17(5)12-13-18/h8,10,13,16-17H,6-7,9,11-12H2,1-5H3/b14-8+,15-10-/t16-,17+/m1/s1. The second kappa shape index (κ2) is 10.1. The summed E-state index contributed by atoms with van der Waals surface area (Å²) >= 11 is 0. The SMILES string of the molecule is CC/C(C)=C/CC/C(C)=C\C[C@@H](C)[C@@H](C)CC=O. The maximum atomic E-state index is 10.5. The third kappa shape index (κ3) is 8.27. The lowest BCUT2D eigenvalue weighted by atomic mass is 9.90. The van der Waals surface area contributed by atoms with Crippen LogP contribution in [-0.2, 0) is 4.79 Å². The van der Waals surface area contributed by atoms with Crippen LogP contribution in [0.1, 0.15) is 66.7 Å². The minimum atomic E-state index is 0.494. The van der Waals surface area contributed by atoms with Crippen LogP contribution in [0.5, 0.6) is 0 Å². The van der Waals surface area contributed by atoms with Crippen LogP contribution < -0.4 is 0 Å². The van der Waals surface area contributed by atoms with Gasteiger partial charge in [-0.1, -0.05) is 44.1 Å². The Hall–Kier alpha value is -0.850. The van der Waals surface area contributed by atoms with Crippen LogP contribution in [0.4, 0.5) is 0 Å². The van der Waals surface area contributed by atoms with Crippen molar-refractivity contribution in [2.24, 2.45) is 11.8 Å². The summed E-state index contributed by atoms with van der Waals surface area (Å²) in [6, 6.07) is 0. The molecule has 0 aromatic rings. The molecule has 0 amide bonds. The summed E-state index contributed by atoms with van der Waals surface area (Å²) in [6.45, 7) is 11.0. The maximum Gasteiger partial charge on any atom is 0.120 e.